The summed E-state index contributed by atoms with van der Waals surface area (Å²) in [6.07, 6.45) is 5.37. The Morgan fingerprint density at radius 2 is 1.67 bits per heavy atom. The minimum Gasteiger partial charge on any atom is -0.385 e. The van der Waals surface area contributed by atoms with E-state index >= 15 is 0 Å². The Kier molecular flexibility index (Phi) is 5.02. The second-order valence-corrected chi connectivity index (χ2v) is 6.50. The van der Waals surface area contributed by atoms with Crippen molar-refractivity contribution < 1.29 is 0 Å². The zero-order chi connectivity index (χ0) is 14.5. The van der Waals surface area contributed by atoms with E-state index in [-0.39, 0.29) is 0 Å². The minimum absolute atomic E-state index is 0.839. The molecule has 0 spiro atoms. The molecule has 0 saturated carbocycles. The summed E-state index contributed by atoms with van der Waals surface area (Å²) >= 11 is 0. The Balaban J connectivity index is 1.45. The highest BCUT2D eigenvalue weighted by Crippen LogP contribution is 2.23. The molecule has 0 unspecified atom stereocenters. The molecule has 2 saturated heterocycles. The summed E-state index contributed by atoms with van der Waals surface area (Å²) in [5, 5.41) is 3.63. The molecule has 2 heterocycles. The fourth-order valence-corrected chi connectivity index (χ4v) is 3.53. The zero-order valence-electron chi connectivity index (χ0n) is 13.4. The minimum atomic E-state index is 0.839. The molecular weight excluding hydrogens is 258 g/mol. The van der Waals surface area contributed by atoms with Gasteiger partial charge < -0.3 is 15.1 Å². The van der Waals surface area contributed by atoms with Gasteiger partial charge in [0, 0.05) is 31.0 Å². The summed E-state index contributed by atoms with van der Waals surface area (Å²) in [5.41, 5.74) is 2.66. The Bertz CT molecular complexity index is 415. The second kappa shape index (κ2) is 7.17. The van der Waals surface area contributed by atoms with Gasteiger partial charge >= 0.3 is 0 Å². The molecule has 0 amide bonds. The first-order chi connectivity index (χ1) is 10.3. The average Bonchev–Trinajstić information content (AvgIpc) is 3.08. The quantitative estimate of drug-likeness (QED) is 0.895. The molecule has 2 aliphatic rings. The number of benzene rings is 1. The maximum Gasteiger partial charge on any atom is 0.0367 e. The Hall–Kier alpha value is -1.22. The summed E-state index contributed by atoms with van der Waals surface area (Å²) in [7, 11) is 0. The monoisotopic (exact) mass is 287 g/mol. The maximum atomic E-state index is 3.63. The Morgan fingerprint density at radius 1 is 1.00 bits per heavy atom. The molecule has 1 N–H and O–H groups in total. The van der Waals surface area contributed by atoms with Gasteiger partial charge in [-0.2, -0.15) is 0 Å². The van der Waals surface area contributed by atoms with Gasteiger partial charge in [0.15, 0.2) is 0 Å². The Morgan fingerprint density at radius 3 is 2.29 bits per heavy atom. The number of likely N-dealkylation sites (tertiary alicyclic amines) is 1. The van der Waals surface area contributed by atoms with E-state index in [1.807, 2.05) is 0 Å². The first-order valence-electron chi connectivity index (χ1n) is 8.66. The van der Waals surface area contributed by atoms with Gasteiger partial charge in [0.05, 0.1) is 0 Å². The molecule has 3 nitrogen and oxygen atoms in total. The predicted molar refractivity (Wildman–Crippen MR) is 91.2 cm³/mol. The van der Waals surface area contributed by atoms with Gasteiger partial charge in [-0.05, 0) is 75.5 Å². The number of anilines is 2. The van der Waals surface area contributed by atoms with Crippen LogP contribution in [-0.4, -0.2) is 44.2 Å². The number of hydrogen-bond donors (Lipinski definition) is 1. The van der Waals surface area contributed by atoms with Gasteiger partial charge in [0.25, 0.3) is 0 Å². The number of nitrogens with zero attached hydrogens (tertiary/aromatic N) is 2. The molecule has 2 fully saturated rings. The lowest BCUT2D eigenvalue weighted by Gasteiger charge is -2.31. The maximum absolute atomic E-state index is 3.63. The molecule has 3 rings (SSSR count). The van der Waals surface area contributed by atoms with Crippen LogP contribution in [0.15, 0.2) is 24.3 Å². The smallest absolute Gasteiger partial charge is 0.0367 e. The average molecular weight is 287 g/mol. The Labute approximate surface area is 129 Å². The van der Waals surface area contributed by atoms with Crippen molar-refractivity contribution in [3.8, 4) is 0 Å². The van der Waals surface area contributed by atoms with Crippen LogP contribution in [0.1, 0.15) is 32.6 Å². The van der Waals surface area contributed by atoms with Crippen LogP contribution < -0.4 is 10.2 Å². The molecule has 116 valence electrons. The van der Waals surface area contributed by atoms with Gasteiger partial charge in [-0.25, -0.2) is 0 Å². The highest BCUT2D eigenvalue weighted by Gasteiger charge is 2.17. The lowest BCUT2D eigenvalue weighted by atomic mass is 9.97. The summed E-state index contributed by atoms with van der Waals surface area (Å²) in [4.78, 5) is 5.05. The van der Waals surface area contributed by atoms with E-state index in [9.17, 15) is 0 Å². The largest absolute Gasteiger partial charge is 0.385 e. The number of hydrogen-bond acceptors (Lipinski definition) is 3. The van der Waals surface area contributed by atoms with Crippen molar-refractivity contribution >= 4 is 11.4 Å². The molecule has 0 aliphatic carbocycles. The van der Waals surface area contributed by atoms with Crippen molar-refractivity contribution in [2.24, 2.45) is 5.92 Å². The fourth-order valence-electron chi connectivity index (χ4n) is 3.53. The molecule has 0 bridgehead atoms. The molecule has 1 aromatic rings. The summed E-state index contributed by atoms with van der Waals surface area (Å²) < 4.78 is 0. The molecular formula is C18H29N3. The summed E-state index contributed by atoms with van der Waals surface area (Å²) in [6.45, 7) is 9.60. The van der Waals surface area contributed by atoms with Crippen molar-refractivity contribution in [1.82, 2.24) is 4.90 Å². The van der Waals surface area contributed by atoms with E-state index in [0.717, 1.165) is 12.5 Å². The first kappa shape index (κ1) is 14.7. The first-order valence-corrected chi connectivity index (χ1v) is 8.66. The van der Waals surface area contributed by atoms with Crippen LogP contribution in [0.3, 0.4) is 0 Å². The van der Waals surface area contributed by atoms with Crippen LogP contribution in [0.2, 0.25) is 0 Å². The van der Waals surface area contributed by atoms with E-state index in [4.69, 9.17) is 0 Å². The van der Waals surface area contributed by atoms with Crippen molar-refractivity contribution in [3.63, 3.8) is 0 Å². The fraction of sp³-hybridized carbons (Fsp3) is 0.667. The van der Waals surface area contributed by atoms with E-state index in [0.29, 0.717) is 0 Å². The third kappa shape index (κ3) is 3.91. The van der Waals surface area contributed by atoms with E-state index in [2.05, 4.69) is 46.3 Å². The second-order valence-electron chi connectivity index (χ2n) is 6.50. The van der Waals surface area contributed by atoms with Crippen LogP contribution in [-0.2, 0) is 0 Å². The standard InChI is InChI=1S/C18H29N3/c1-2-20-13-9-16(10-14-20)15-19-17-5-7-18(8-6-17)21-11-3-4-12-21/h5-8,16,19H,2-4,9-15H2,1H3. The highest BCUT2D eigenvalue weighted by atomic mass is 15.1. The summed E-state index contributed by atoms with van der Waals surface area (Å²) in [6, 6.07) is 9.03. The van der Waals surface area contributed by atoms with Gasteiger partial charge in [-0.1, -0.05) is 6.92 Å². The molecule has 0 atom stereocenters. The lowest BCUT2D eigenvalue weighted by molar-refractivity contribution is 0.198. The SMILES string of the molecule is CCN1CCC(CNc2ccc(N3CCCC3)cc2)CC1. The van der Waals surface area contributed by atoms with Crippen LogP contribution in [0.25, 0.3) is 0 Å². The van der Waals surface area contributed by atoms with Gasteiger partial charge in [-0.15, -0.1) is 0 Å². The van der Waals surface area contributed by atoms with E-state index < -0.39 is 0 Å². The number of piperidine rings is 1. The molecule has 0 aromatic heterocycles. The van der Waals surface area contributed by atoms with E-state index in [1.54, 1.807) is 0 Å². The van der Waals surface area contributed by atoms with Crippen LogP contribution in [0, 0.1) is 5.92 Å². The lowest BCUT2D eigenvalue weighted by Crippen LogP contribution is -2.35. The molecule has 2 aliphatic heterocycles. The van der Waals surface area contributed by atoms with E-state index in [1.165, 1.54) is 69.8 Å². The van der Waals surface area contributed by atoms with Crippen LogP contribution in [0.5, 0.6) is 0 Å². The predicted octanol–water partition coefficient (Wildman–Crippen LogP) is 3.43. The highest BCUT2D eigenvalue weighted by molar-refractivity contribution is 5.55. The summed E-state index contributed by atoms with van der Waals surface area (Å²) in [5.74, 6) is 0.839. The van der Waals surface area contributed by atoms with Crippen molar-refractivity contribution in [2.75, 3.05) is 49.5 Å². The van der Waals surface area contributed by atoms with Crippen LogP contribution >= 0.6 is 0 Å². The molecule has 3 heteroatoms. The van der Waals surface area contributed by atoms with Crippen molar-refractivity contribution in [3.05, 3.63) is 24.3 Å². The molecule has 1 aromatic carbocycles. The van der Waals surface area contributed by atoms with Crippen molar-refractivity contribution in [1.29, 1.82) is 0 Å². The molecule has 0 radical (unpaired) electrons. The molecule has 21 heavy (non-hydrogen) atoms. The zero-order valence-corrected chi connectivity index (χ0v) is 13.4. The van der Waals surface area contributed by atoms with Crippen molar-refractivity contribution in [2.45, 2.75) is 32.6 Å². The normalized spacial score (nSPS) is 20.9. The van der Waals surface area contributed by atoms with Gasteiger partial charge in [0.2, 0.25) is 0 Å². The van der Waals surface area contributed by atoms with Crippen LogP contribution in [0.4, 0.5) is 11.4 Å². The number of nitrogens with one attached hydrogen (secondary N) is 1. The number of rotatable bonds is 5. The topological polar surface area (TPSA) is 18.5 Å². The third-order valence-electron chi connectivity index (χ3n) is 5.09. The third-order valence-corrected chi connectivity index (χ3v) is 5.09. The van der Waals surface area contributed by atoms with Gasteiger partial charge in [0.1, 0.15) is 0 Å². The van der Waals surface area contributed by atoms with Gasteiger partial charge in [-0.3, -0.25) is 0 Å².